The van der Waals surface area contributed by atoms with Crippen LogP contribution in [0.25, 0.3) is 0 Å². The number of carbonyl (C=O) groups is 1. The zero-order valence-electron chi connectivity index (χ0n) is 13.2. The summed E-state index contributed by atoms with van der Waals surface area (Å²) < 4.78 is 25.0. The Morgan fingerprint density at radius 1 is 1.17 bits per heavy atom. The van der Waals surface area contributed by atoms with Gasteiger partial charge in [-0.25, -0.2) is 4.39 Å². The van der Waals surface area contributed by atoms with Crippen LogP contribution in [-0.2, 0) is 21.3 Å². The van der Waals surface area contributed by atoms with E-state index < -0.39 is 10.8 Å². The summed E-state index contributed by atoms with van der Waals surface area (Å²) in [6, 6.07) is 13.4. The van der Waals surface area contributed by atoms with Crippen LogP contribution in [0.5, 0.6) is 0 Å². The fraction of sp³-hybridized carbons (Fsp3) is 0.278. The van der Waals surface area contributed by atoms with Gasteiger partial charge in [-0.05, 0) is 42.7 Å². The Kier molecular flexibility index (Phi) is 6.04. The van der Waals surface area contributed by atoms with Gasteiger partial charge in [0.25, 0.3) is 0 Å². The number of hydrogen-bond acceptors (Lipinski definition) is 2. The number of nitrogens with one attached hydrogen (secondary N) is 1. The summed E-state index contributed by atoms with van der Waals surface area (Å²) in [7, 11) is -1.26. The molecule has 23 heavy (non-hydrogen) atoms. The van der Waals surface area contributed by atoms with Gasteiger partial charge in [-0.3, -0.25) is 9.00 Å². The summed E-state index contributed by atoms with van der Waals surface area (Å²) in [4.78, 5) is 12.0. The average Bonchev–Trinajstić information content (AvgIpc) is 2.50. The lowest BCUT2D eigenvalue weighted by Gasteiger charge is -2.14. The molecule has 0 fully saturated rings. The van der Waals surface area contributed by atoms with Crippen molar-refractivity contribution in [3.8, 4) is 0 Å². The molecule has 2 unspecified atom stereocenters. The number of halogens is 1. The second kappa shape index (κ2) is 8.02. The van der Waals surface area contributed by atoms with E-state index in [1.54, 1.807) is 12.1 Å². The number of amides is 1. The molecule has 1 amide bonds. The van der Waals surface area contributed by atoms with Crippen LogP contribution < -0.4 is 5.32 Å². The summed E-state index contributed by atoms with van der Waals surface area (Å²) >= 11 is 0. The predicted octanol–water partition coefficient (Wildman–Crippen LogP) is 3.26. The van der Waals surface area contributed by atoms with Crippen molar-refractivity contribution in [1.29, 1.82) is 0 Å². The van der Waals surface area contributed by atoms with Gasteiger partial charge in [0.15, 0.2) is 0 Å². The van der Waals surface area contributed by atoms with Gasteiger partial charge in [0, 0.05) is 16.6 Å². The van der Waals surface area contributed by atoms with E-state index in [4.69, 9.17) is 0 Å². The number of benzene rings is 2. The van der Waals surface area contributed by atoms with Crippen LogP contribution in [-0.4, -0.2) is 15.9 Å². The molecular formula is C18H20FNO2S. The number of hydrogen-bond donors (Lipinski definition) is 1. The van der Waals surface area contributed by atoms with E-state index in [2.05, 4.69) is 5.32 Å². The van der Waals surface area contributed by atoms with E-state index >= 15 is 0 Å². The Morgan fingerprint density at radius 2 is 1.83 bits per heavy atom. The van der Waals surface area contributed by atoms with E-state index in [1.165, 1.54) is 12.1 Å². The number of aryl methyl sites for hydroxylation is 1. The molecule has 5 heteroatoms. The van der Waals surface area contributed by atoms with E-state index in [-0.39, 0.29) is 23.5 Å². The zero-order valence-corrected chi connectivity index (χ0v) is 14.0. The number of rotatable bonds is 6. The minimum Gasteiger partial charge on any atom is -0.349 e. The molecule has 0 bridgehead atoms. The molecular weight excluding hydrogens is 313 g/mol. The number of carbonyl (C=O) groups excluding carboxylic acids is 1. The minimum absolute atomic E-state index is 0.0418. The van der Waals surface area contributed by atoms with Crippen LogP contribution in [0.3, 0.4) is 0 Å². The monoisotopic (exact) mass is 333 g/mol. The lowest BCUT2D eigenvalue weighted by molar-refractivity contribution is -0.119. The van der Waals surface area contributed by atoms with E-state index in [0.717, 1.165) is 16.7 Å². The molecule has 0 heterocycles. The molecule has 2 atom stereocenters. The Hall–Kier alpha value is -2.01. The van der Waals surface area contributed by atoms with Crippen LogP contribution in [0.15, 0.2) is 48.5 Å². The normalized spacial score (nSPS) is 13.3. The van der Waals surface area contributed by atoms with E-state index in [1.807, 2.05) is 38.1 Å². The van der Waals surface area contributed by atoms with Crippen molar-refractivity contribution in [2.24, 2.45) is 0 Å². The zero-order chi connectivity index (χ0) is 16.8. The van der Waals surface area contributed by atoms with Crippen molar-refractivity contribution in [3.63, 3.8) is 0 Å². The average molecular weight is 333 g/mol. The third-order valence-electron chi connectivity index (χ3n) is 3.62. The van der Waals surface area contributed by atoms with Gasteiger partial charge in [-0.15, -0.1) is 0 Å². The molecule has 0 aliphatic rings. The highest BCUT2D eigenvalue weighted by molar-refractivity contribution is 7.84. The minimum atomic E-state index is -1.26. The van der Waals surface area contributed by atoms with Gasteiger partial charge in [0.1, 0.15) is 11.6 Å². The van der Waals surface area contributed by atoms with Gasteiger partial charge in [-0.2, -0.15) is 0 Å². The van der Waals surface area contributed by atoms with Crippen molar-refractivity contribution in [1.82, 2.24) is 5.32 Å². The van der Waals surface area contributed by atoms with Crippen LogP contribution in [0, 0.1) is 12.7 Å². The van der Waals surface area contributed by atoms with Crippen LogP contribution >= 0.6 is 0 Å². The summed E-state index contributed by atoms with van der Waals surface area (Å²) in [6.07, 6.45) is 0. The highest BCUT2D eigenvalue weighted by Crippen LogP contribution is 2.13. The molecule has 122 valence electrons. The Morgan fingerprint density at radius 3 is 2.48 bits per heavy atom. The quantitative estimate of drug-likeness (QED) is 0.882. The maximum absolute atomic E-state index is 12.9. The molecule has 0 radical (unpaired) electrons. The molecule has 2 aromatic carbocycles. The van der Waals surface area contributed by atoms with Crippen molar-refractivity contribution in [2.45, 2.75) is 25.6 Å². The van der Waals surface area contributed by atoms with Crippen molar-refractivity contribution in [2.75, 3.05) is 5.75 Å². The summed E-state index contributed by atoms with van der Waals surface area (Å²) in [5, 5.41) is 2.79. The predicted molar refractivity (Wildman–Crippen MR) is 90.9 cm³/mol. The largest absolute Gasteiger partial charge is 0.349 e. The lowest BCUT2D eigenvalue weighted by atomic mass is 10.1. The second-order valence-electron chi connectivity index (χ2n) is 5.50. The highest BCUT2D eigenvalue weighted by Gasteiger charge is 2.13. The van der Waals surface area contributed by atoms with Gasteiger partial charge < -0.3 is 5.32 Å². The first-order valence-corrected chi connectivity index (χ1v) is 8.89. The van der Waals surface area contributed by atoms with E-state index in [0.29, 0.717) is 5.75 Å². The SMILES string of the molecule is Cc1ccccc1CS(=O)CC(=O)NC(C)c1ccc(F)cc1. The first-order chi connectivity index (χ1) is 11.0. The molecule has 0 aliphatic heterocycles. The van der Waals surface area contributed by atoms with Gasteiger partial charge in [0.2, 0.25) is 5.91 Å². The summed E-state index contributed by atoms with van der Waals surface area (Å²) in [5.41, 5.74) is 2.87. The van der Waals surface area contributed by atoms with Crippen LogP contribution in [0.4, 0.5) is 4.39 Å². The molecule has 0 aromatic heterocycles. The molecule has 0 aliphatic carbocycles. The molecule has 0 spiro atoms. The topological polar surface area (TPSA) is 46.2 Å². The van der Waals surface area contributed by atoms with Crippen molar-refractivity contribution in [3.05, 3.63) is 71.0 Å². The Balaban J connectivity index is 1.87. The van der Waals surface area contributed by atoms with Crippen molar-refractivity contribution >= 4 is 16.7 Å². The molecule has 0 saturated heterocycles. The van der Waals surface area contributed by atoms with Gasteiger partial charge in [0.05, 0.1) is 6.04 Å². The van der Waals surface area contributed by atoms with Crippen molar-refractivity contribution < 1.29 is 13.4 Å². The first-order valence-electron chi connectivity index (χ1n) is 7.40. The first kappa shape index (κ1) is 17.3. The summed E-state index contributed by atoms with van der Waals surface area (Å²) in [6.45, 7) is 3.78. The standard InChI is InChI=1S/C18H20FNO2S/c1-13-5-3-4-6-16(13)11-23(22)12-18(21)20-14(2)15-7-9-17(19)10-8-15/h3-10,14H,11-12H2,1-2H3,(H,20,21). The fourth-order valence-corrected chi connectivity index (χ4v) is 3.41. The van der Waals surface area contributed by atoms with E-state index in [9.17, 15) is 13.4 Å². The highest BCUT2D eigenvalue weighted by atomic mass is 32.2. The molecule has 0 saturated carbocycles. The second-order valence-corrected chi connectivity index (χ2v) is 6.95. The Bertz CT molecular complexity index is 700. The third-order valence-corrected chi connectivity index (χ3v) is 4.83. The lowest BCUT2D eigenvalue weighted by Crippen LogP contribution is -2.31. The molecule has 1 N–H and O–H groups in total. The molecule has 2 rings (SSSR count). The third kappa shape index (κ3) is 5.28. The molecule has 3 nitrogen and oxygen atoms in total. The summed E-state index contributed by atoms with van der Waals surface area (Å²) in [5.74, 6) is -0.259. The molecule has 2 aromatic rings. The van der Waals surface area contributed by atoms with Gasteiger partial charge in [-0.1, -0.05) is 36.4 Å². The maximum atomic E-state index is 12.9. The maximum Gasteiger partial charge on any atom is 0.233 e. The Labute approximate surface area is 138 Å². The smallest absolute Gasteiger partial charge is 0.233 e. The van der Waals surface area contributed by atoms with Crippen LogP contribution in [0.1, 0.15) is 29.7 Å². The fourth-order valence-electron chi connectivity index (χ4n) is 2.26. The van der Waals surface area contributed by atoms with Gasteiger partial charge >= 0.3 is 0 Å². The van der Waals surface area contributed by atoms with Crippen LogP contribution in [0.2, 0.25) is 0 Å².